The highest BCUT2D eigenvalue weighted by Gasteiger charge is 2.32. The monoisotopic (exact) mass is 343 g/mol. The maximum Gasteiger partial charge on any atom is 0.426 e. The van der Waals surface area contributed by atoms with Crippen molar-refractivity contribution >= 4 is 17.7 Å². The van der Waals surface area contributed by atoms with Gasteiger partial charge in [0.15, 0.2) is 5.75 Å². The molecule has 0 spiro atoms. The van der Waals surface area contributed by atoms with Gasteiger partial charge in [-0.3, -0.25) is 20.3 Å². The van der Waals surface area contributed by atoms with Crippen LogP contribution in [0.4, 0.5) is 10.5 Å². The topological polar surface area (TPSA) is 138 Å². The van der Waals surface area contributed by atoms with E-state index in [0.29, 0.717) is 0 Å². The van der Waals surface area contributed by atoms with Crippen LogP contribution in [0.2, 0.25) is 0 Å². The molecule has 0 fully saturated rings. The van der Waals surface area contributed by atoms with E-state index in [9.17, 15) is 19.7 Å². The number of benzene rings is 1. The number of rotatable bonds is 6. The Morgan fingerprint density at radius 2 is 1.75 bits per heavy atom. The summed E-state index contributed by atoms with van der Waals surface area (Å²) in [6.07, 6.45) is -0.916. The van der Waals surface area contributed by atoms with Gasteiger partial charge in [0, 0.05) is 6.07 Å². The van der Waals surface area contributed by atoms with Crippen LogP contribution in [0.3, 0.4) is 0 Å². The Labute approximate surface area is 136 Å². The lowest BCUT2D eigenvalue weighted by Crippen LogP contribution is -2.42. The third kappa shape index (κ3) is 3.94. The molecule has 11 heteroatoms. The molecular weight excluding hydrogens is 326 g/mol. The fraction of sp³-hybridized carbons (Fsp3) is 0.385. The van der Waals surface area contributed by atoms with Gasteiger partial charge in [0.05, 0.1) is 32.9 Å². The third-order valence-electron chi connectivity index (χ3n) is 2.78. The minimum atomic E-state index is -0.964. The molecule has 0 atom stereocenters. The molecule has 0 saturated carbocycles. The van der Waals surface area contributed by atoms with E-state index in [1.54, 1.807) is 6.92 Å². The first-order valence-corrected chi connectivity index (χ1v) is 6.61. The van der Waals surface area contributed by atoms with E-state index in [1.807, 2.05) is 10.9 Å². The largest absolute Gasteiger partial charge is 0.493 e. The second kappa shape index (κ2) is 8.41. The van der Waals surface area contributed by atoms with Gasteiger partial charge in [-0.25, -0.2) is 10.2 Å². The number of carbonyl (C=O) groups is 2. The van der Waals surface area contributed by atoms with Crippen molar-refractivity contribution in [3.63, 3.8) is 0 Å². The summed E-state index contributed by atoms with van der Waals surface area (Å²) in [5.41, 5.74) is 2.92. The van der Waals surface area contributed by atoms with Gasteiger partial charge >= 0.3 is 11.8 Å². The van der Waals surface area contributed by atoms with E-state index < -0.39 is 28.2 Å². The fourth-order valence-corrected chi connectivity index (χ4v) is 1.84. The first-order chi connectivity index (χ1) is 11.4. The van der Waals surface area contributed by atoms with E-state index in [0.717, 1.165) is 6.07 Å². The molecule has 1 aromatic carbocycles. The highest BCUT2D eigenvalue weighted by atomic mass is 16.6. The van der Waals surface area contributed by atoms with Crippen molar-refractivity contribution in [2.45, 2.75) is 6.92 Å². The van der Waals surface area contributed by atoms with Crippen molar-refractivity contribution in [2.75, 3.05) is 27.9 Å². The quantitative estimate of drug-likeness (QED) is 0.576. The summed E-state index contributed by atoms with van der Waals surface area (Å²) in [5, 5.41) is 11.4. The van der Waals surface area contributed by atoms with Crippen molar-refractivity contribution in [1.82, 2.24) is 10.9 Å². The highest BCUT2D eigenvalue weighted by Crippen LogP contribution is 2.46. The molecule has 0 heterocycles. The van der Waals surface area contributed by atoms with Crippen molar-refractivity contribution in [3.8, 4) is 17.2 Å². The van der Waals surface area contributed by atoms with Crippen molar-refractivity contribution in [2.24, 2.45) is 0 Å². The average molecular weight is 343 g/mol. The fourth-order valence-electron chi connectivity index (χ4n) is 1.84. The molecule has 0 radical (unpaired) electrons. The van der Waals surface area contributed by atoms with Gasteiger partial charge in [-0.1, -0.05) is 0 Å². The number of ether oxygens (including phenoxy) is 4. The number of nitro benzene ring substituents is 1. The second-order valence-corrected chi connectivity index (χ2v) is 4.10. The summed E-state index contributed by atoms with van der Waals surface area (Å²) in [7, 11) is 3.75. The maximum atomic E-state index is 12.2. The van der Waals surface area contributed by atoms with Gasteiger partial charge in [-0.15, -0.1) is 0 Å². The van der Waals surface area contributed by atoms with Gasteiger partial charge in [0.2, 0.25) is 11.5 Å². The normalized spacial score (nSPS) is 9.67. The molecule has 0 aliphatic rings. The van der Waals surface area contributed by atoms with E-state index in [2.05, 4.69) is 4.74 Å². The molecule has 24 heavy (non-hydrogen) atoms. The number of carbonyl (C=O) groups excluding carboxylic acids is 2. The van der Waals surface area contributed by atoms with Crippen LogP contribution in [-0.2, 0) is 4.74 Å². The molecule has 0 unspecified atom stereocenters. The SMILES string of the molecule is CCOC(=O)NNC(=O)c1cc(OC)c(OC)c(OC)c1[N+](=O)[O-]. The molecule has 0 saturated heterocycles. The number of hydrogen-bond acceptors (Lipinski definition) is 8. The highest BCUT2D eigenvalue weighted by molar-refractivity contribution is 6.01. The van der Waals surface area contributed by atoms with Crippen LogP contribution >= 0.6 is 0 Å². The summed E-state index contributed by atoms with van der Waals surface area (Å²) >= 11 is 0. The molecule has 1 aromatic rings. The van der Waals surface area contributed by atoms with Gasteiger partial charge < -0.3 is 18.9 Å². The van der Waals surface area contributed by atoms with Gasteiger partial charge in [-0.2, -0.15) is 0 Å². The molecule has 2 amide bonds. The van der Waals surface area contributed by atoms with Crippen LogP contribution in [0.5, 0.6) is 17.2 Å². The van der Waals surface area contributed by atoms with Crippen LogP contribution in [0.25, 0.3) is 0 Å². The summed E-state index contributed by atoms with van der Waals surface area (Å²) in [5.74, 6) is -1.25. The summed E-state index contributed by atoms with van der Waals surface area (Å²) in [6, 6.07) is 1.10. The predicted octanol–water partition coefficient (Wildman–Crippen LogP) is 1.01. The number of hydrazine groups is 1. The van der Waals surface area contributed by atoms with E-state index in [1.165, 1.54) is 21.3 Å². The van der Waals surface area contributed by atoms with Crippen LogP contribution in [0.1, 0.15) is 17.3 Å². The average Bonchev–Trinajstić information content (AvgIpc) is 2.57. The van der Waals surface area contributed by atoms with Gasteiger partial charge in [-0.05, 0) is 6.92 Å². The minimum absolute atomic E-state index is 0.0402. The van der Waals surface area contributed by atoms with Gasteiger partial charge in [0.1, 0.15) is 5.56 Å². The Kier molecular flexibility index (Phi) is 6.59. The zero-order valence-corrected chi connectivity index (χ0v) is 13.5. The van der Waals surface area contributed by atoms with Gasteiger partial charge in [0.25, 0.3) is 5.91 Å². The smallest absolute Gasteiger partial charge is 0.426 e. The molecule has 132 valence electrons. The van der Waals surface area contributed by atoms with E-state index in [-0.39, 0.29) is 23.9 Å². The van der Waals surface area contributed by atoms with Crippen molar-refractivity contribution < 1.29 is 33.5 Å². The number of nitrogens with zero attached hydrogens (tertiary/aromatic N) is 1. The molecule has 0 aromatic heterocycles. The van der Waals surface area contributed by atoms with E-state index >= 15 is 0 Å². The van der Waals surface area contributed by atoms with E-state index in [4.69, 9.17) is 14.2 Å². The summed E-state index contributed by atoms with van der Waals surface area (Å²) in [6.45, 7) is 1.66. The Bertz CT molecular complexity index is 647. The number of amides is 2. The number of methoxy groups -OCH3 is 3. The Balaban J connectivity index is 3.32. The lowest BCUT2D eigenvalue weighted by atomic mass is 10.1. The number of hydrogen-bond donors (Lipinski definition) is 2. The Morgan fingerprint density at radius 3 is 2.21 bits per heavy atom. The third-order valence-corrected chi connectivity index (χ3v) is 2.78. The lowest BCUT2D eigenvalue weighted by Gasteiger charge is -2.15. The lowest BCUT2D eigenvalue weighted by molar-refractivity contribution is -0.386. The minimum Gasteiger partial charge on any atom is -0.493 e. The molecule has 1 rings (SSSR count). The summed E-state index contributed by atoms with van der Waals surface area (Å²) in [4.78, 5) is 33.9. The molecule has 0 aliphatic carbocycles. The number of nitrogens with one attached hydrogen (secondary N) is 2. The molecular formula is C13H17N3O8. The van der Waals surface area contributed by atoms with Crippen LogP contribution < -0.4 is 25.1 Å². The Morgan fingerprint density at radius 1 is 1.12 bits per heavy atom. The molecule has 0 aliphatic heterocycles. The van der Waals surface area contributed by atoms with Crippen LogP contribution in [0, 0.1) is 10.1 Å². The van der Waals surface area contributed by atoms with Crippen molar-refractivity contribution in [1.29, 1.82) is 0 Å². The molecule has 11 nitrogen and oxygen atoms in total. The zero-order valence-electron chi connectivity index (χ0n) is 13.5. The first-order valence-electron chi connectivity index (χ1n) is 6.61. The number of nitro groups is 1. The summed E-state index contributed by atoms with van der Waals surface area (Å²) < 4.78 is 19.6. The first kappa shape index (κ1) is 18.8. The zero-order chi connectivity index (χ0) is 18.3. The van der Waals surface area contributed by atoms with Crippen molar-refractivity contribution in [3.05, 3.63) is 21.7 Å². The Hall–Kier alpha value is -3.24. The standard InChI is InChI=1S/C13H17N3O8/c1-5-24-13(18)15-14-12(17)7-6-8(21-2)10(22-3)11(23-4)9(7)16(19)20/h6H,5H2,1-4H3,(H,14,17)(H,15,18). The predicted molar refractivity (Wildman–Crippen MR) is 80.4 cm³/mol. The van der Waals surface area contributed by atoms with Crippen LogP contribution in [0.15, 0.2) is 6.07 Å². The molecule has 0 bridgehead atoms. The molecule has 2 N–H and O–H groups in total. The second-order valence-electron chi connectivity index (χ2n) is 4.10. The van der Waals surface area contributed by atoms with Crippen LogP contribution in [-0.4, -0.2) is 44.9 Å². The maximum absolute atomic E-state index is 12.2.